The molecule has 0 saturated carbocycles. The minimum absolute atomic E-state index is 0.0838. The second-order valence-electron chi connectivity index (χ2n) is 7.76. The first-order valence-corrected chi connectivity index (χ1v) is 10.3. The molecule has 0 spiro atoms. The van der Waals surface area contributed by atoms with E-state index >= 15 is 0 Å². The number of nitrogens with one attached hydrogen (secondary N) is 1. The number of nitrogens with zero attached hydrogens (tertiary/aromatic N) is 2. The van der Waals surface area contributed by atoms with Crippen molar-refractivity contribution in [3.05, 3.63) is 71.1 Å². The van der Waals surface area contributed by atoms with Crippen LogP contribution < -0.4 is 5.32 Å². The van der Waals surface area contributed by atoms with Gasteiger partial charge in [0, 0.05) is 30.2 Å². The zero-order chi connectivity index (χ0) is 21.1. The third-order valence-electron chi connectivity index (χ3n) is 5.70. The van der Waals surface area contributed by atoms with Gasteiger partial charge in [-0.1, -0.05) is 30.3 Å². The molecule has 1 atom stereocenters. The molecule has 0 aliphatic carbocycles. The summed E-state index contributed by atoms with van der Waals surface area (Å²) in [6.45, 7) is 5.69. The quantitative estimate of drug-likeness (QED) is 0.486. The normalized spacial score (nSPS) is 16.6. The zero-order valence-corrected chi connectivity index (χ0v) is 17.3. The van der Waals surface area contributed by atoms with E-state index in [1.165, 1.54) is 0 Å². The summed E-state index contributed by atoms with van der Waals surface area (Å²) >= 11 is 0. The van der Waals surface area contributed by atoms with Gasteiger partial charge in [0.2, 0.25) is 0 Å². The molecule has 0 unspecified atom stereocenters. The zero-order valence-electron chi connectivity index (χ0n) is 17.3. The molecule has 2 heterocycles. The SMILES string of the molecule is Cc1cc(/C=C(\C#N)C(=O)Nc2ccc3ccccc3c2)c(C)n1C[C@@H]1CCCO1. The van der Waals surface area contributed by atoms with Crippen LogP contribution >= 0.6 is 0 Å². The van der Waals surface area contributed by atoms with Gasteiger partial charge in [-0.15, -0.1) is 0 Å². The van der Waals surface area contributed by atoms with Gasteiger partial charge < -0.3 is 14.6 Å². The fraction of sp³-hybridized carbons (Fsp3) is 0.280. The van der Waals surface area contributed by atoms with Gasteiger partial charge in [-0.05, 0) is 67.3 Å². The highest BCUT2D eigenvalue weighted by molar-refractivity contribution is 6.10. The molecule has 0 radical (unpaired) electrons. The minimum Gasteiger partial charge on any atom is -0.376 e. The van der Waals surface area contributed by atoms with Gasteiger partial charge in [-0.2, -0.15) is 5.26 Å². The Morgan fingerprint density at radius 3 is 2.77 bits per heavy atom. The molecule has 152 valence electrons. The van der Waals surface area contributed by atoms with Crippen LogP contribution in [-0.4, -0.2) is 23.2 Å². The number of aromatic nitrogens is 1. The lowest BCUT2D eigenvalue weighted by molar-refractivity contribution is -0.112. The number of amides is 1. The molecule has 1 aliphatic heterocycles. The summed E-state index contributed by atoms with van der Waals surface area (Å²) in [5.41, 5.74) is 3.77. The number of fused-ring (bicyclic) bond motifs is 1. The summed E-state index contributed by atoms with van der Waals surface area (Å²) in [6.07, 6.45) is 4.08. The maximum Gasteiger partial charge on any atom is 0.266 e. The number of benzene rings is 2. The van der Waals surface area contributed by atoms with Crippen molar-refractivity contribution < 1.29 is 9.53 Å². The van der Waals surface area contributed by atoms with Crippen molar-refractivity contribution in [3.8, 4) is 6.07 Å². The van der Waals surface area contributed by atoms with Crippen LogP contribution in [0, 0.1) is 25.2 Å². The molecule has 3 aromatic rings. The van der Waals surface area contributed by atoms with Gasteiger partial charge in [-0.3, -0.25) is 4.79 Å². The Morgan fingerprint density at radius 2 is 2.03 bits per heavy atom. The number of hydrogen-bond donors (Lipinski definition) is 1. The van der Waals surface area contributed by atoms with Crippen molar-refractivity contribution in [2.75, 3.05) is 11.9 Å². The highest BCUT2D eigenvalue weighted by Crippen LogP contribution is 2.23. The van der Waals surface area contributed by atoms with E-state index in [1.54, 1.807) is 6.08 Å². The Labute approximate surface area is 176 Å². The Hall–Kier alpha value is -3.36. The van der Waals surface area contributed by atoms with Gasteiger partial charge in [0.25, 0.3) is 5.91 Å². The summed E-state index contributed by atoms with van der Waals surface area (Å²) in [4.78, 5) is 12.7. The highest BCUT2D eigenvalue weighted by Gasteiger charge is 2.19. The number of carbonyl (C=O) groups excluding carboxylic acids is 1. The van der Waals surface area contributed by atoms with Crippen molar-refractivity contribution in [2.24, 2.45) is 0 Å². The third-order valence-corrected chi connectivity index (χ3v) is 5.70. The van der Waals surface area contributed by atoms with Crippen LogP contribution in [0.2, 0.25) is 0 Å². The maximum absolute atomic E-state index is 12.7. The molecule has 1 aliphatic rings. The molecule has 1 fully saturated rings. The maximum atomic E-state index is 12.7. The van der Waals surface area contributed by atoms with E-state index in [4.69, 9.17) is 4.74 Å². The van der Waals surface area contributed by atoms with Crippen LogP contribution in [0.4, 0.5) is 5.69 Å². The molecule has 2 aromatic carbocycles. The molecule has 5 heteroatoms. The Morgan fingerprint density at radius 1 is 1.23 bits per heavy atom. The topological polar surface area (TPSA) is 67.0 Å². The van der Waals surface area contributed by atoms with Crippen molar-refractivity contribution in [3.63, 3.8) is 0 Å². The van der Waals surface area contributed by atoms with Crippen molar-refractivity contribution >= 4 is 28.4 Å². The fourth-order valence-corrected chi connectivity index (χ4v) is 4.02. The van der Waals surface area contributed by atoms with E-state index in [1.807, 2.05) is 62.4 Å². The highest BCUT2D eigenvalue weighted by atomic mass is 16.5. The van der Waals surface area contributed by atoms with Crippen LogP contribution in [0.5, 0.6) is 0 Å². The average Bonchev–Trinajstić information content (AvgIpc) is 3.35. The summed E-state index contributed by atoms with van der Waals surface area (Å²) in [5.74, 6) is -0.406. The van der Waals surface area contributed by atoms with Gasteiger partial charge in [0.15, 0.2) is 0 Å². The second-order valence-corrected chi connectivity index (χ2v) is 7.76. The minimum atomic E-state index is -0.406. The number of ether oxygens (including phenoxy) is 1. The summed E-state index contributed by atoms with van der Waals surface area (Å²) in [7, 11) is 0. The largest absolute Gasteiger partial charge is 0.376 e. The summed E-state index contributed by atoms with van der Waals surface area (Å²) in [6, 6.07) is 17.7. The van der Waals surface area contributed by atoms with Gasteiger partial charge in [0.1, 0.15) is 11.6 Å². The Balaban J connectivity index is 1.55. The standard InChI is InChI=1S/C25H25N3O2/c1-17-12-21(18(2)28(17)16-24-8-5-11-30-24)13-22(15-26)25(29)27-23-10-9-19-6-3-4-7-20(19)14-23/h3-4,6-7,9-10,12-14,24H,5,8,11,16H2,1-2H3,(H,27,29)/b22-13+/t24-/m0/s1. The van der Waals surface area contributed by atoms with Crippen LogP contribution in [0.15, 0.2) is 54.1 Å². The molecule has 4 rings (SSSR count). The second kappa shape index (κ2) is 8.56. The van der Waals surface area contributed by atoms with E-state index in [2.05, 4.69) is 16.0 Å². The Bertz CT molecular complexity index is 1160. The van der Waals surface area contributed by atoms with E-state index in [0.717, 1.165) is 53.7 Å². The van der Waals surface area contributed by atoms with Crippen molar-refractivity contribution in [1.29, 1.82) is 5.26 Å². The molecular weight excluding hydrogens is 374 g/mol. The lowest BCUT2D eigenvalue weighted by Crippen LogP contribution is -2.17. The molecule has 1 aromatic heterocycles. The lowest BCUT2D eigenvalue weighted by atomic mass is 10.1. The number of aryl methyl sites for hydroxylation is 1. The van der Waals surface area contributed by atoms with E-state index in [0.29, 0.717) is 5.69 Å². The number of rotatable bonds is 5. The van der Waals surface area contributed by atoms with E-state index < -0.39 is 5.91 Å². The molecule has 30 heavy (non-hydrogen) atoms. The predicted octanol–water partition coefficient (Wildman–Crippen LogP) is 4.98. The first kappa shape index (κ1) is 19.9. The molecule has 1 N–H and O–H groups in total. The number of nitriles is 1. The molecular formula is C25H25N3O2. The number of carbonyl (C=O) groups is 1. The molecule has 1 saturated heterocycles. The lowest BCUT2D eigenvalue weighted by Gasteiger charge is -2.14. The molecule has 5 nitrogen and oxygen atoms in total. The van der Waals surface area contributed by atoms with E-state index in [9.17, 15) is 10.1 Å². The van der Waals surface area contributed by atoms with Gasteiger partial charge >= 0.3 is 0 Å². The number of hydrogen-bond acceptors (Lipinski definition) is 3. The molecule has 0 bridgehead atoms. The first-order chi connectivity index (χ1) is 14.5. The number of anilines is 1. The first-order valence-electron chi connectivity index (χ1n) is 10.3. The molecule has 1 amide bonds. The van der Waals surface area contributed by atoms with Crippen molar-refractivity contribution in [2.45, 2.75) is 39.3 Å². The van der Waals surface area contributed by atoms with Crippen LogP contribution in [-0.2, 0) is 16.1 Å². The Kier molecular flexibility index (Phi) is 5.69. The predicted molar refractivity (Wildman–Crippen MR) is 119 cm³/mol. The van der Waals surface area contributed by atoms with Gasteiger partial charge in [0.05, 0.1) is 6.10 Å². The third kappa shape index (κ3) is 4.14. The van der Waals surface area contributed by atoms with E-state index in [-0.39, 0.29) is 11.7 Å². The summed E-state index contributed by atoms with van der Waals surface area (Å²) in [5, 5.41) is 14.6. The summed E-state index contributed by atoms with van der Waals surface area (Å²) < 4.78 is 7.97. The van der Waals surface area contributed by atoms with Gasteiger partial charge in [-0.25, -0.2) is 0 Å². The van der Waals surface area contributed by atoms with Crippen LogP contribution in [0.25, 0.3) is 16.8 Å². The smallest absolute Gasteiger partial charge is 0.266 e. The van der Waals surface area contributed by atoms with Crippen LogP contribution in [0.3, 0.4) is 0 Å². The van der Waals surface area contributed by atoms with Crippen molar-refractivity contribution in [1.82, 2.24) is 4.57 Å². The average molecular weight is 399 g/mol. The fourth-order valence-electron chi connectivity index (χ4n) is 4.02. The van der Waals surface area contributed by atoms with Crippen LogP contribution in [0.1, 0.15) is 29.8 Å². The monoisotopic (exact) mass is 399 g/mol.